The highest BCUT2D eigenvalue weighted by atomic mass is 16.2. The molecule has 21 heavy (non-hydrogen) atoms. The average molecular weight is 285 g/mol. The van der Waals surface area contributed by atoms with E-state index in [1.807, 2.05) is 25.1 Å². The Labute approximate surface area is 123 Å². The number of amides is 2. The number of carbonyl (C=O) groups is 2. The van der Waals surface area contributed by atoms with E-state index < -0.39 is 5.92 Å². The summed E-state index contributed by atoms with van der Waals surface area (Å²) in [6.45, 7) is 3.69. The second-order valence-electron chi connectivity index (χ2n) is 5.71. The first kappa shape index (κ1) is 13.9. The van der Waals surface area contributed by atoms with Crippen LogP contribution in [0.5, 0.6) is 0 Å². The van der Waals surface area contributed by atoms with Gasteiger partial charge in [0.05, 0.1) is 0 Å². The summed E-state index contributed by atoms with van der Waals surface area (Å²) in [5.41, 5.74) is 1.74. The Morgan fingerprint density at radius 2 is 2.14 bits per heavy atom. The van der Waals surface area contributed by atoms with Crippen molar-refractivity contribution >= 4 is 17.6 Å². The van der Waals surface area contributed by atoms with Crippen molar-refractivity contribution in [2.45, 2.75) is 25.7 Å². The third-order valence-corrected chi connectivity index (χ3v) is 4.05. The zero-order valence-electron chi connectivity index (χ0n) is 12.1. The molecule has 2 unspecified atom stereocenters. The van der Waals surface area contributed by atoms with Crippen molar-refractivity contribution in [1.82, 2.24) is 10.6 Å². The number of rotatable bonds is 2. The summed E-state index contributed by atoms with van der Waals surface area (Å²) >= 11 is 0. The smallest absolute Gasteiger partial charge is 0.264 e. The molecule has 1 aromatic carbocycles. The number of benzene rings is 1. The molecular formula is C16H19N3O2. The standard InChI is InChI=1S/C16H19N3O2/c1-10-4-2-5-11(8-10)13-15(20)18-14(19-16(13)21)12-6-3-7-17-9-12/h2,4-5,8,12-13,17H,3,6-7,9H2,1H3,(H,18,19,20,21). The predicted molar refractivity (Wildman–Crippen MR) is 80.1 cm³/mol. The van der Waals surface area contributed by atoms with Crippen LogP contribution < -0.4 is 10.6 Å². The summed E-state index contributed by atoms with van der Waals surface area (Å²) in [4.78, 5) is 28.8. The van der Waals surface area contributed by atoms with Gasteiger partial charge < -0.3 is 10.6 Å². The van der Waals surface area contributed by atoms with E-state index in [1.165, 1.54) is 0 Å². The molecule has 110 valence electrons. The molecule has 1 fully saturated rings. The van der Waals surface area contributed by atoms with Crippen molar-refractivity contribution in [2.24, 2.45) is 10.9 Å². The molecule has 2 atom stereocenters. The minimum Gasteiger partial charge on any atom is -0.316 e. The fraction of sp³-hybridized carbons (Fsp3) is 0.438. The quantitative estimate of drug-likeness (QED) is 0.800. The first-order valence-corrected chi connectivity index (χ1v) is 7.36. The Kier molecular flexibility index (Phi) is 3.84. The van der Waals surface area contributed by atoms with Gasteiger partial charge in [-0.05, 0) is 31.9 Å². The maximum Gasteiger partial charge on any atom is 0.264 e. The molecule has 2 aliphatic heterocycles. The van der Waals surface area contributed by atoms with E-state index in [9.17, 15) is 9.59 Å². The lowest BCUT2D eigenvalue weighted by molar-refractivity contribution is -0.129. The Bertz CT molecular complexity index is 603. The highest BCUT2D eigenvalue weighted by Crippen LogP contribution is 2.23. The third kappa shape index (κ3) is 2.88. The zero-order chi connectivity index (χ0) is 14.8. The van der Waals surface area contributed by atoms with Gasteiger partial charge in [-0.3, -0.25) is 9.59 Å². The average Bonchev–Trinajstić information content (AvgIpc) is 2.47. The van der Waals surface area contributed by atoms with Crippen molar-refractivity contribution in [2.75, 3.05) is 13.1 Å². The number of amidine groups is 1. The Balaban J connectivity index is 1.85. The van der Waals surface area contributed by atoms with Gasteiger partial charge in [-0.25, -0.2) is 0 Å². The Morgan fingerprint density at radius 1 is 1.29 bits per heavy atom. The van der Waals surface area contributed by atoms with Crippen LogP contribution in [-0.2, 0) is 9.59 Å². The van der Waals surface area contributed by atoms with E-state index in [-0.39, 0.29) is 17.7 Å². The summed E-state index contributed by atoms with van der Waals surface area (Å²) in [6, 6.07) is 7.47. The second-order valence-corrected chi connectivity index (χ2v) is 5.71. The van der Waals surface area contributed by atoms with Crippen molar-refractivity contribution in [3.05, 3.63) is 35.4 Å². The van der Waals surface area contributed by atoms with Gasteiger partial charge in [0.2, 0.25) is 5.91 Å². The molecule has 0 radical (unpaired) electrons. The fourth-order valence-electron chi connectivity index (χ4n) is 2.94. The molecular weight excluding hydrogens is 266 g/mol. The molecule has 2 N–H and O–H groups in total. The van der Waals surface area contributed by atoms with Crippen LogP contribution in [0.3, 0.4) is 0 Å². The van der Waals surface area contributed by atoms with Crippen LogP contribution in [0.2, 0.25) is 0 Å². The van der Waals surface area contributed by atoms with Crippen molar-refractivity contribution < 1.29 is 9.59 Å². The van der Waals surface area contributed by atoms with E-state index >= 15 is 0 Å². The zero-order valence-corrected chi connectivity index (χ0v) is 12.1. The van der Waals surface area contributed by atoms with Gasteiger partial charge in [0.1, 0.15) is 11.8 Å². The first-order valence-electron chi connectivity index (χ1n) is 7.36. The summed E-state index contributed by atoms with van der Waals surface area (Å²) in [5, 5.41) is 6.10. The van der Waals surface area contributed by atoms with Crippen LogP contribution in [0.15, 0.2) is 29.3 Å². The van der Waals surface area contributed by atoms with E-state index in [0.717, 1.165) is 31.5 Å². The lowest BCUT2D eigenvalue weighted by atomic mass is 9.92. The van der Waals surface area contributed by atoms with E-state index in [2.05, 4.69) is 15.6 Å². The molecule has 0 saturated carbocycles. The molecule has 0 spiro atoms. The van der Waals surface area contributed by atoms with E-state index in [4.69, 9.17) is 0 Å². The van der Waals surface area contributed by atoms with E-state index in [0.29, 0.717) is 11.4 Å². The summed E-state index contributed by atoms with van der Waals surface area (Å²) in [5.74, 6) is -0.775. The van der Waals surface area contributed by atoms with Crippen LogP contribution in [0, 0.1) is 12.8 Å². The molecule has 2 aliphatic rings. The summed E-state index contributed by atoms with van der Waals surface area (Å²) < 4.78 is 0. The maximum atomic E-state index is 12.3. The molecule has 5 nitrogen and oxygen atoms in total. The van der Waals surface area contributed by atoms with Gasteiger partial charge in [0.15, 0.2) is 0 Å². The van der Waals surface area contributed by atoms with Crippen LogP contribution in [0.25, 0.3) is 0 Å². The molecule has 0 aliphatic carbocycles. The summed E-state index contributed by atoms with van der Waals surface area (Å²) in [6.07, 6.45) is 1.99. The molecule has 5 heteroatoms. The van der Waals surface area contributed by atoms with Gasteiger partial charge >= 0.3 is 0 Å². The second kappa shape index (κ2) is 5.77. The molecule has 0 aromatic heterocycles. The van der Waals surface area contributed by atoms with Gasteiger partial charge in [0, 0.05) is 12.5 Å². The van der Waals surface area contributed by atoms with E-state index in [1.54, 1.807) is 6.07 Å². The number of carbonyl (C=O) groups excluding carboxylic acids is 2. The lowest BCUT2D eigenvalue weighted by Crippen LogP contribution is -2.49. The van der Waals surface area contributed by atoms with Gasteiger partial charge in [-0.2, -0.15) is 4.99 Å². The lowest BCUT2D eigenvalue weighted by Gasteiger charge is -2.28. The van der Waals surface area contributed by atoms with Gasteiger partial charge in [-0.15, -0.1) is 0 Å². The van der Waals surface area contributed by atoms with Gasteiger partial charge in [0.25, 0.3) is 5.91 Å². The highest BCUT2D eigenvalue weighted by Gasteiger charge is 2.35. The Morgan fingerprint density at radius 3 is 2.81 bits per heavy atom. The number of aryl methyl sites for hydroxylation is 1. The van der Waals surface area contributed by atoms with Crippen molar-refractivity contribution in [3.63, 3.8) is 0 Å². The number of aliphatic imine (C=N–C) groups is 1. The molecule has 2 heterocycles. The summed E-state index contributed by atoms with van der Waals surface area (Å²) in [7, 11) is 0. The fourth-order valence-corrected chi connectivity index (χ4v) is 2.94. The number of hydrogen-bond acceptors (Lipinski definition) is 3. The molecule has 2 amide bonds. The third-order valence-electron chi connectivity index (χ3n) is 4.05. The highest BCUT2D eigenvalue weighted by molar-refractivity contribution is 6.19. The minimum atomic E-state index is -0.815. The molecule has 3 rings (SSSR count). The van der Waals surface area contributed by atoms with Gasteiger partial charge in [-0.1, -0.05) is 29.8 Å². The molecule has 1 saturated heterocycles. The number of nitrogens with one attached hydrogen (secondary N) is 2. The first-order chi connectivity index (χ1) is 10.1. The van der Waals surface area contributed by atoms with Crippen LogP contribution in [0.1, 0.15) is 29.9 Å². The minimum absolute atomic E-state index is 0.130. The monoisotopic (exact) mass is 285 g/mol. The number of piperidine rings is 1. The maximum absolute atomic E-state index is 12.3. The normalized spacial score (nSPS) is 26.2. The topological polar surface area (TPSA) is 70.6 Å². The van der Waals surface area contributed by atoms with Crippen LogP contribution in [0.4, 0.5) is 0 Å². The van der Waals surface area contributed by atoms with Crippen molar-refractivity contribution in [3.8, 4) is 0 Å². The van der Waals surface area contributed by atoms with Crippen molar-refractivity contribution in [1.29, 1.82) is 0 Å². The SMILES string of the molecule is Cc1cccc(C2C(=O)N=C(C3CCCNC3)NC2=O)c1. The molecule has 1 aromatic rings. The number of nitrogens with zero attached hydrogens (tertiary/aromatic N) is 1. The van der Waals surface area contributed by atoms with Crippen LogP contribution >= 0.6 is 0 Å². The predicted octanol–water partition coefficient (Wildman–Crippen LogP) is 1.13. The van der Waals surface area contributed by atoms with Crippen LogP contribution in [-0.4, -0.2) is 30.7 Å². The molecule has 0 bridgehead atoms. The largest absolute Gasteiger partial charge is 0.316 e. The Hall–Kier alpha value is -2.01. The number of hydrogen-bond donors (Lipinski definition) is 2.